The van der Waals surface area contributed by atoms with E-state index in [1.54, 1.807) is 20.2 Å². The van der Waals surface area contributed by atoms with Gasteiger partial charge in [0.1, 0.15) is 0 Å². The molecule has 0 aliphatic heterocycles. The van der Waals surface area contributed by atoms with Gasteiger partial charge in [0.05, 0.1) is 12.7 Å². The predicted octanol–water partition coefficient (Wildman–Crippen LogP) is 2.02. The van der Waals surface area contributed by atoms with Crippen LogP contribution in [0.1, 0.15) is 20.3 Å². The summed E-state index contributed by atoms with van der Waals surface area (Å²) in [5.41, 5.74) is 1.16. The van der Waals surface area contributed by atoms with E-state index < -0.39 is 0 Å². The Morgan fingerprint density at radius 2 is 2.06 bits per heavy atom. The van der Waals surface area contributed by atoms with Crippen LogP contribution < -0.4 is 5.32 Å². The molecule has 4 nitrogen and oxygen atoms in total. The molecule has 1 amide bonds. The Labute approximate surface area is 104 Å². The van der Waals surface area contributed by atoms with E-state index in [-0.39, 0.29) is 5.91 Å². The minimum atomic E-state index is -0.129. The minimum absolute atomic E-state index is 0.129. The average molecular weight is 238 g/mol. The van der Waals surface area contributed by atoms with Crippen molar-refractivity contribution in [3.05, 3.63) is 36.4 Å². The van der Waals surface area contributed by atoms with Crippen LogP contribution in [-0.2, 0) is 9.53 Å². The van der Waals surface area contributed by atoms with Crippen LogP contribution in [0, 0.1) is 0 Å². The van der Waals surface area contributed by atoms with Crippen LogP contribution in [-0.4, -0.2) is 31.5 Å². The highest BCUT2D eigenvalue weighted by Crippen LogP contribution is 2.13. The summed E-state index contributed by atoms with van der Waals surface area (Å²) in [4.78, 5) is 13.6. The molecule has 0 aromatic heterocycles. The summed E-state index contributed by atoms with van der Waals surface area (Å²) in [6.45, 7) is 11.9. The number of carbonyl (C=O) groups excluding carboxylic acids is 1. The number of likely N-dealkylation sites (N-methyl/N-ethyl adjacent to an activating group) is 1. The molecule has 0 saturated heterocycles. The fourth-order valence-electron chi connectivity index (χ4n) is 1.34. The van der Waals surface area contributed by atoms with Crippen LogP contribution in [0.3, 0.4) is 0 Å². The summed E-state index contributed by atoms with van der Waals surface area (Å²) < 4.78 is 5.19. The zero-order valence-corrected chi connectivity index (χ0v) is 11.2. The van der Waals surface area contributed by atoms with Crippen molar-refractivity contribution in [2.75, 3.05) is 20.7 Å². The number of methoxy groups -OCH3 is 1. The number of hydrogen-bond donors (Lipinski definition) is 1. The first-order valence-electron chi connectivity index (χ1n) is 5.63. The van der Waals surface area contributed by atoms with Crippen molar-refractivity contribution >= 4 is 5.91 Å². The molecular formula is C13H22N2O2. The predicted molar refractivity (Wildman–Crippen MR) is 70.1 cm³/mol. The van der Waals surface area contributed by atoms with Crippen LogP contribution in [0.15, 0.2) is 36.4 Å². The number of nitrogens with zero attached hydrogens (tertiary/aromatic N) is 1. The number of rotatable bonds is 7. The first-order chi connectivity index (χ1) is 8.03. The molecule has 0 radical (unpaired) electrons. The maximum absolute atomic E-state index is 12.2. The van der Waals surface area contributed by atoms with Gasteiger partial charge in [-0.15, -0.1) is 0 Å². The number of ether oxygens (including phenoxy) is 1. The van der Waals surface area contributed by atoms with E-state index in [1.807, 2.05) is 13.8 Å². The van der Waals surface area contributed by atoms with Gasteiger partial charge >= 0.3 is 0 Å². The van der Waals surface area contributed by atoms with Gasteiger partial charge in [0.25, 0.3) is 5.91 Å². The Bertz CT molecular complexity index is 332. The smallest absolute Gasteiger partial charge is 0.259 e. The normalized spacial score (nSPS) is 11.3. The van der Waals surface area contributed by atoms with Crippen LogP contribution in [0.5, 0.6) is 0 Å². The standard InChI is InChI=1S/C13H22N2O2/c1-7-10(4)15(5)13(16)11(8-2)12(17-6)14-9-3/h7,14H,1,4,8-9H2,2-3,5-6H3/b12-11+. The molecule has 0 saturated carbocycles. The van der Waals surface area contributed by atoms with Crippen molar-refractivity contribution in [1.82, 2.24) is 10.2 Å². The van der Waals surface area contributed by atoms with E-state index >= 15 is 0 Å². The molecule has 0 bridgehead atoms. The third-order valence-electron chi connectivity index (χ3n) is 2.40. The Kier molecular flexibility index (Phi) is 6.79. The Hall–Kier alpha value is -1.71. The van der Waals surface area contributed by atoms with Crippen LogP contribution in [0.25, 0.3) is 0 Å². The van der Waals surface area contributed by atoms with Crippen molar-refractivity contribution in [3.8, 4) is 0 Å². The van der Waals surface area contributed by atoms with Gasteiger partial charge in [-0.3, -0.25) is 4.79 Å². The van der Waals surface area contributed by atoms with E-state index in [2.05, 4.69) is 18.5 Å². The van der Waals surface area contributed by atoms with Gasteiger partial charge < -0.3 is 15.0 Å². The SMILES string of the molecule is C=CC(=C)N(C)C(=O)/C(CC)=C(\NCC)OC. The lowest BCUT2D eigenvalue weighted by atomic mass is 10.1. The van der Waals surface area contributed by atoms with Crippen molar-refractivity contribution < 1.29 is 9.53 Å². The van der Waals surface area contributed by atoms with Crippen molar-refractivity contribution in [1.29, 1.82) is 0 Å². The van der Waals surface area contributed by atoms with Gasteiger partial charge in [0.15, 0.2) is 5.88 Å². The largest absolute Gasteiger partial charge is 0.482 e. The Morgan fingerprint density at radius 3 is 2.41 bits per heavy atom. The molecule has 4 heteroatoms. The van der Waals surface area contributed by atoms with Gasteiger partial charge in [-0.2, -0.15) is 0 Å². The summed E-state index contributed by atoms with van der Waals surface area (Å²) >= 11 is 0. The van der Waals surface area contributed by atoms with Crippen LogP contribution in [0.2, 0.25) is 0 Å². The molecule has 0 rings (SSSR count). The summed E-state index contributed by atoms with van der Waals surface area (Å²) in [6, 6.07) is 0. The molecule has 0 fully saturated rings. The Morgan fingerprint density at radius 1 is 1.47 bits per heavy atom. The second kappa shape index (κ2) is 7.54. The molecule has 0 heterocycles. The van der Waals surface area contributed by atoms with Gasteiger partial charge in [0, 0.05) is 19.3 Å². The second-order valence-electron chi connectivity index (χ2n) is 3.46. The van der Waals surface area contributed by atoms with Crippen LogP contribution in [0.4, 0.5) is 0 Å². The molecule has 0 aromatic carbocycles. The van der Waals surface area contributed by atoms with E-state index in [9.17, 15) is 4.79 Å². The highest BCUT2D eigenvalue weighted by molar-refractivity contribution is 5.94. The molecule has 0 aliphatic carbocycles. The quantitative estimate of drug-likeness (QED) is 0.419. The van der Waals surface area contributed by atoms with E-state index in [1.165, 1.54) is 4.90 Å². The third-order valence-corrected chi connectivity index (χ3v) is 2.40. The highest BCUT2D eigenvalue weighted by atomic mass is 16.5. The lowest BCUT2D eigenvalue weighted by Gasteiger charge is -2.20. The van der Waals surface area contributed by atoms with E-state index in [0.29, 0.717) is 30.1 Å². The van der Waals surface area contributed by atoms with E-state index in [4.69, 9.17) is 4.74 Å². The van der Waals surface area contributed by atoms with Crippen LogP contribution >= 0.6 is 0 Å². The molecule has 96 valence electrons. The van der Waals surface area contributed by atoms with Crippen molar-refractivity contribution in [2.45, 2.75) is 20.3 Å². The minimum Gasteiger partial charge on any atom is -0.482 e. The highest BCUT2D eigenvalue weighted by Gasteiger charge is 2.19. The number of carbonyl (C=O) groups is 1. The lowest BCUT2D eigenvalue weighted by Crippen LogP contribution is -2.29. The lowest BCUT2D eigenvalue weighted by molar-refractivity contribution is -0.124. The molecule has 17 heavy (non-hydrogen) atoms. The average Bonchev–Trinajstić information content (AvgIpc) is 2.36. The van der Waals surface area contributed by atoms with E-state index in [0.717, 1.165) is 0 Å². The third kappa shape index (κ3) is 3.98. The summed E-state index contributed by atoms with van der Waals surface area (Å²) in [7, 11) is 3.21. The number of hydrogen-bond acceptors (Lipinski definition) is 3. The molecule has 0 aromatic rings. The zero-order chi connectivity index (χ0) is 13.4. The second-order valence-corrected chi connectivity index (χ2v) is 3.46. The molecule has 1 N–H and O–H groups in total. The molecular weight excluding hydrogens is 216 g/mol. The fourth-order valence-corrected chi connectivity index (χ4v) is 1.34. The maximum atomic E-state index is 12.2. The first kappa shape index (κ1) is 15.3. The number of amides is 1. The summed E-state index contributed by atoms with van der Waals surface area (Å²) in [6.07, 6.45) is 2.13. The number of allylic oxidation sites excluding steroid dienone is 1. The molecule has 0 unspecified atom stereocenters. The van der Waals surface area contributed by atoms with Gasteiger partial charge in [-0.1, -0.05) is 20.1 Å². The monoisotopic (exact) mass is 238 g/mol. The van der Waals surface area contributed by atoms with Gasteiger partial charge in [-0.25, -0.2) is 0 Å². The zero-order valence-electron chi connectivity index (χ0n) is 11.2. The molecule has 0 atom stereocenters. The molecule has 0 spiro atoms. The van der Waals surface area contributed by atoms with Crippen molar-refractivity contribution in [2.24, 2.45) is 0 Å². The number of nitrogens with one attached hydrogen (secondary N) is 1. The van der Waals surface area contributed by atoms with Crippen molar-refractivity contribution in [3.63, 3.8) is 0 Å². The maximum Gasteiger partial charge on any atom is 0.259 e. The Balaban J connectivity index is 5.17. The van der Waals surface area contributed by atoms with Gasteiger partial charge in [0.2, 0.25) is 0 Å². The summed E-state index contributed by atoms with van der Waals surface area (Å²) in [5.74, 6) is 0.388. The fraction of sp³-hybridized carbons (Fsp3) is 0.462. The topological polar surface area (TPSA) is 41.6 Å². The first-order valence-corrected chi connectivity index (χ1v) is 5.63. The van der Waals surface area contributed by atoms with Gasteiger partial charge in [-0.05, 0) is 19.4 Å². The summed E-state index contributed by atoms with van der Waals surface area (Å²) in [5, 5.41) is 3.03. The molecule has 0 aliphatic rings.